The molecular formula is C22H22N4O3. The van der Waals surface area contributed by atoms with Crippen molar-refractivity contribution in [3.8, 4) is 17.2 Å². The van der Waals surface area contributed by atoms with E-state index >= 15 is 0 Å². The van der Waals surface area contributed by atoms with Gasteiger partial charge >= 0.3 is 0 Å². The van der Waals surface area contributed by atoms with Crippen LogP contribution in [0, 0.1) is 0 Å². The van der Waals surface area contributed by atoms with Crippen molar-refractivity contribution in [2.45, 2.75) is 6.54 Å². The molecule has 29 heavy (non-hydrogen) atoms. The second-order valence-corrected chi connectivity index (χ2v) is 7.27. The first-order chi connectivity index (χ1) is 14.3. The summed E-state index contributed by atoms with van der Waals surface area (Å²) in [5.41, 5.74) is 3.02. The van der Waals surface area contributed by atoms with Gasteiger partial charge in [0.15, 0.2) is 11.5 Å². The zero-order chi connectivity index (χ0) is 19.6. The molecule has 0 bridgehead atoms. The lowest BCUT2D eigenvalue weighted by molar-refractivity contribution is 0.0628. The number of aromatic nitrogens is 2. The van der Waals surface area contributed by atoms with Gasteiger partial charge in [-0.25, -0.2) is 4.98 Å². The molecule has 0 N–H and O–H groups in total. The van der Waals surface area contributed by atoms with Crippen LogP contribution in [0.4, 0.5) is 0 Å². The van der Waals surface area contributed by atoms with E-state index in [-0.39, 0.29) is 12.7 Å². The Morgan fingerprint density at radius 3 is 2.52 bits per heavy atom. The van der Waals surface area contributed by atoms with Gasteiger partial charge in [0, 0.05) is 56.4 Å². The minimum Gasteiger partial charge on any atom is -0.454 e. The van der Waals surface area contributed by atoms with E-state index in [0.717, 1.165) is 38.4 Å². The molecular weight excluding hydrogens is 368 g/mol. The molecule has 1 fully saturated rings. The lowest BCUT2D eigenvalue weighted by Gasteiger charge is -2.34. The van der Waals surface area contributed by atoms with Gasteiger partial charge in [0.25, 0.3) is 5.91 Å². The zero-order valence-corrected chi connectivity index (χ0v) is 16.0. The molecule has 0 radical (unpaired) electrons. The maximum absolute atomic E-state index is 12.8. The molecule has 0 aliphatic carbocycles. The number of carbonyl (C=O) groups excluding carboxylic acids is 1. The monoisotopic (exact) mass is 390 g/mol. The van der Waals surface area contributed by atoms with Crippen molar-refractivity contribution in [2.24, 2.45) is 0 Å². The maximum Gasteiger partial charge on any atom is 0.254 e. The molecule has 3 aromatic rings. The van der Waals surface area contributed by atoms with Gasteiger partial charge in [0.05, 0.1) is 6.33 Å². The van der Waals surface area contributed by atoms with Crippen LogP contribution in [0.5, 0.6) is 11.5 Å². The molecule has 7 nitrogen and oxygen atoms in total. The molecule has 0 spiro atoms. The number of hydrogen-bond acceptors (Lipinski definition) is 5. The molecule has 0 saturated carbocycles. The lowest BCUT2D eigenvalue weighted by atomic mass is 10.1. The fraction of sp³-hybridized carbons (Fsp3) is 0.273. The summed E-state index contributed by atoms with van der Waals surface area (Å²) in [5, 5.41) is 0. The van der Waals surface area contributed by atoms with Crippen molar-refractivity contribution in [2.75, 3.05) is 33.0 Å². The summed E-state index contributed by atoms with van der Waals surface area (Å²) in [6, 6.07) is 13.9. The summed E-state index contributed by atoms with van der Waals surface area (Å²) in [6.07, 6.45) is 5.51. The number of benzene rings is 2. The van der Waals surface area contributed by atoms with Crippen molar-refractivity contribution in [3.05, 3.63) is 72.3 Å². The Balaban J connectivity index is 1.17. The highest BCUT2D eigenvalue weighted by atomic mass is 16.7. The van der Waals surface area contributed by atoms with E-state index < -0.39 is 0 Å². The molecule has 2 aliphatic rings. The first-order valence-electron chi connectivity index (χ1n) is 9.75. The van der Waals surface area contributed by atoms with Gasteiger partial charge in [-0.15, -0.1) is 0 Å². The van der Waals surface area contributed by atoms with Crippen LogP contribution in [-0.4, -0.2) is 58.2 Å². The Kier molecular flexibility index (Phi) is 4.65. The predicted molar refractivity (Wildman–Crippen MR) is 107 cm³/mol. The molecule has 7 heteroatoms. The van der Waals surface area contributed by atoms with Crippen molar-refractivity contribution >= 4 is 5.91 Å². The Bertz CT molecular complexity index is 993. The number of nitrogens with zero attached hydrogens (tertiary/aromatic N) is 4. The zero-order valence-electron chi connectivity index (χ0n) is 16.0. The lowest BCUT2D eigenvalue weighted by Crippen LogP contribution is -2.48. The van der Waals surface area contributed by atoms with Gasteiger partial charge in [0.1, 0.15) is 0 Å². The van der Waals surface area contributed by atoms with Gasteiger partial charge in [-0.1, -0.05) is 12.1 Å². The Labute approximate surface area is 169 Å². The highest BCUT2D eigenvalue weighted by molar-refractivity contribution is 5.95. The smallest absolute Gasteiger partial charge is 0.254 e. The Morgan fingerprint density at radius 1 is 0.966 bits per heavy atom. The second kappa shape index (κ2) is 7.60. The quantitative estimate of drug-likeness (QED) is 0.685. The molecule has 0 atom stereocenters. The summed E-state index contributed by atoms with van der Waals surface area (Å²) in [6.45, 7) is 4.27. The Morgan fingerprint density at radius 2 is 1.76 bits per heavy atom. The number of imidazole rings is 1. The minimum atomic E-state index is 0.0487. The third-order valence-corrected chi connectivity index (χ3v) is 5.42. The van der Waals surface area contributed by atoms with E-state index in [4.69, 9.17) is 9.47 Å². The molecule has 148 valence electrons. The molecule has 3 heterocycles. The first kappa shape index (κ1) is 17.8. The average Bonchev–Trinajstić information content (AvgIpc) is 3.46. The number of fused-ring (bicyclic) bond motifs is 1. The summed E-state index contributed by atoms with van der Waals surface area (Å²) in [7, 11) is 0. The van der Waals surface area contributed by atoms with Crippen LogP contribution >= 0.6 is 0 Å². The van der Waals surface area contributed by atoms with E-state index in [1.54, 1.807) is 24.7 Å². The van der Waals surface area contributed by atoms with Crippen molar-refractivity contribution in [1.29, 1.82) is 0 Å². The van der Waals surface area contributed by atoms with Crippen LogP contribution < -0.4 is 9.47 Å². The molecule has 2 aromatic carbocycles. The van der Waals surface area contributed by atoms with E-state index in [1.807, 2.05) is 21.7 Å². The van der Waals surface area contributed by atoms with Crippen LogP contribution in [0.1, 0.15) is 15.9 Å². The van der Waals surface area contributed by atoms with Crippen LogP contribution in [0.3, 0.4) is 0 Å². The first-order valence-corrected chi connectivity index (χ1v) is 9.75. The third kappa shape index (κ3) is 3.69. The van der Waals surface area contributed by atoms with Crippen LogP contribution in [0.2, 0.25) is 0 Å². The van der Waals surface area contributed by atoms with Crippen LogP contribution in [-0.2, 0) is 6.54 Å². The summed E-state index contributed by atoms with van der Waals surface area (Å²) < 4.78 is 12.7. The number of rotatable bonds is 4. The number of ether oxygens (including phenoxy) is 2. The standard InChI is InChI=1S/C22H22N4O3/c27-22(18-3-6-20-21(13-18)29-16-28-20)25-11-9-24(10-12-25)14-17-1-4-19(5-2-17)26-8-7-23-15-26/h1-8,13,15H,9-12,14,16H2. The average molecular weight is 390 g/mol. The number of amides is 1. The number of carbonyl (C=O) groups is 1. The number of piperazine rings is 1. The van der Waals surface area contributed by atoms with Gasteiger partial charge in [-0.05, 0) is 35.9 Å². The van der Waals surface area contributed by atoms with Crippen molar-refractivity contribution < 1.29 is 14.3 Å². The van der Waals surface area contributed by atoms with Crippen LogP contribution in [0.25, 0.3) is 5.69 Å². The van der Waals surface area contributed by atoms with Crippen molar-refractivity contribution in [1.82, 2.24) is 19.4 Å². The fourth-order valence-electron chi connectivity index (χ4n) is 3.76. The van der Waals surface area contributed by atoms with E-state index in [1.165, 1.54) is 5.56 Å². The van der Waals surface area contributed by atoms with Gasteiger partial charge in [-0.3, -0.25) is 9.69 Å². The molecule has 1 amide bonds. The van der Waals surface area contributed by atoms with Gasteiger partial charge in [0.2, 0.25) is 6.79 Å². The highest BCUT2D eigenvalue weighted by Gasteiger charge is 2.24. The summed E-state index contributed by atoms with van der Waals surface area (Å²) in [5.74, 6) is 1.40. The SMILES string of the molecule is O=C(c1ccc2c(c1)OCO2)N1CCN(Cc2ccc(-n3ccnc3)cc2)CC1. The van der Waals surface area contributed by atoms with E-state index in [0.29, 0.717) is 17.1 Å². The van der Waals surface area contributed by atoms with E-state index in [9.17, 15) is 4.79 Å². The van der Waals surface area contributed by atoms with Crippen LogP contribution in [0.15, 0.2) is 61.2 Å². The topological polar surface area (TPSA) is 59.8 Å². The third-order valence-electron chi connectivity index (χ3n) is 5.42. The largest absolute Gasteiger partial charge is 0.454 e. The maximum atomic E-state index is 12.8. The van der Waals surface area contributed by atoms with Gasteiger partial charge < -0.3 is 18.9 Å². The molecule has 1 saturated heterocycles. The minimum absolute atomic E-state index is 0.0487. The highest BCUT2D eigenvalue weighted by Crippen LogP contribution is 2.32. The normalized spacial score (nSPS) is 16.2. The molecule has 2 aliphatic heterocycles. The predicted octanol–water partition coefficient (Wildman–Crippen LogP) is 2.56. The molecule has 1 aromatic heterocycles. The number of hydrogen-bond donors (Lipinski definition) is 0. The Hall–Kier alpha value is -3.32. The second-order valence-electron chi connectivity index (χ2n) is 7.27. The fourth-order valence-corrected chi connectivity index (χ4v) is 3.76. The summed E-state index contributed by atoms with van der Waals surface area (Å²) in [4.78, 5) is 21.2. The van der Waals surface area contributed by atoms with Gasteiger partial charge in [-0.2, -0.15) is 0 Å². The molecule has 0 unspecified atom stereocenters. The van der Waals surface area contributed by atoms with Crippen molar-refractivity contribution in [3.63, 3.8) is 0 Å². The summed E-state index contributed by atoms with van der Waals surface area (Å²) >= 11 is 0. The van der Waals surface area contributed by atoms with E-state index in [2.05, 4.69) is 34.1 Å². The molecule has 5 rings (SSSR count).